The van der Waals surface area contributed by atoms with Crippen molar-refractivity contribution in [3.63, 3.8) is 0 Å². The quantitative estimate of drug-likeness (QED) is 0.766. The molecule has 0 radical (unpaired) electrons. The zero-order valence-electron chi connectivity index (χ0n) is 16.4. The van der Waals surface area contributed by atoms with E-state index >= 15 is 0 Å². The van der Waals surface area contributed by atoms with Gasteiger partial charge >= 0.3 is 6.09 Å². The van der Waals surface area contributed by atoms with Crippen molar-refractivity contribution < 1.29 is 23.5 Å². The summed E-state index contributed by atoms with van der Waals surface area (Å²) in [6, 6.07) is 0. The number of carbonyl (C=O) groups is 2. The van der Waals surface area contributed by atoms with E-state index in [1.54, 1.807) is 0 Å². The first-order valence-corrected chi connectivity index (χ1v) is 11.9. The highest BCUT2D eigenvalue weighted by Gasteiger charge is 2.38. The fraction of sp³-hybridized carbons (Fsp3) is 0.647. The predicted molar refractivity (Wildman–Crippen MR) is 102 cm³/mol. The molecule has 0 spiro atoms. The molecule has 1 atom stereocenters. The second kappa shape index (κ2) is 7.08. The summed E-state index contributed by atoms with van der Waals surface area (Å²) < 4.78 is 16.8. The van der Waals surface area contributed by atoms with Gasteiger partial charge in [-0.25, -0.2) is 14.8 Å². The van der Waals surface area contributed by atoms with Crippen molar-refractivity contribution in [3.05, 3.63) is 6.20 Å². The highest BCUT2D eigenvalue weighted by molar-refractivity contribution is 6.74. The van der Waals surface area contributed by atoms with Crippen LogP contribution in [0, 0.1) is 0 Å². The minimum Gasteiger partial charge on any atom is -0.465 e. The maximum Gasteiger partial charge on any atom is 0.415 e. The Morgan fingerprint density at radius 3 is 2.81 bits per heavy atom. The van der Waals surface area contributed by atoms with Crippen molar-refractivity contribution in [3.8, 4) is 5.88 Å². The average molecular weight is 395 g/mol. The number of fused-ring (bicyclic) bond motifs is 1. The van der Waals surface area contributed by atoms with E-state index in [4.69, 9.17) is 13.9 Å². The van der Waals surface area contributed by atoms with Crippen LogP contribution in [0.5, 0.6) is 5.88 Å². The molecule has 1 aromatic rings. The van der Waals surface area contributed by atoms with Gasteiger partial charge in [-0.05, 0) is 18.1 Å². The summed E-state index contributed by atoms with van der Waals surface area (Å²) in [4.78, 5) is 33.4. The summed E-state index contributed by atoms with van der Waals surface area (Å²) >= 11 is 0. The molecule has 1 unspecified atom stereocenters. The summed E-state index contributed by atoms with van der Waals surface area (Å²) in [6.07, 6.45) is 1.30. The molecule has 1 saturated heterocycles. The molecule has 3 heterocycles. The molecule has 27 heavy (non-hydrogen) atoms. The van der Waals surface area contributed by atoms with Crippen molar-refractivity contribution in [2.24, 2.45) is 0 Å². The van der Waals surface area contributed by atoms with Gasteiger partial charge in [0.05, 0.1) is 12.7 Å². The van der Waals surface area contributed by atoms with Gasteiger partial charge < -0.3 is 19.2 Å². The van der Waals surface area contributed by atoms with E-state index in [-0.39, 0.29) is 35.4 Å². The number of carbonyl (C=O) groups excluding carboxylic acids is 2. The molecule has 9 nitrogen and oxygen atoms in total. The van der Waals surface area contributed by atoms with Gasteiger partial charge in [0.2, 0.25) is 0 Å². The summed E-state index contributed by atoms with van der Waals surface area (Å²) in [5.41, 5.74) is 0. The predicted octanol–water partition coefficient (Wildman–Crippen LogP) is 2.54. The van der Waals surface area contributed by atoms with E-state index in [1.165, 1.54) is 11.1 Å². The van der Waals surface area contributed by atoms with E-state index in [2.05, 4.69) is 49.1 Å². The molecule has 2 aliphatic heterocycles. The third-order valence-corrected chi connectivity index (χ3v) is 9.72. The number of hydrogen-bond acceptors (Lipinski definition) is 7. The maximum atomic E-state index is 12.2. The van der Waals surface area contributed by atoms with Crippen LogP contribution in [0.25, 0.3) is 0 Å². The second-order valence-corrected chi connectivity index (χ2v) is 13.0. The standard InChI is InChI=1S/C17H26N4O5Si/c1-17(2,3)27(4,5)25-7-6-11-9-21(16(23)26-11)12-8-18-15-14(19-12)20-13(22)10-24-15/h8,11H,6-7,9-10H2,1-5H3,(H,19,20,22). The molecule has 1 fully saturated rings. The number of amides is 2. The number of rotatable bonds is 5. The van der Waals surface area contributed by atoms with Crippen LogP contribution in [0.1, 0.15) is 27.2 Å². The highest BCUT2D eigenvalue weighted by atomic mass is 28.4. The van der Waals surface area contributed by atoms with Gasteiger partial charge in [0.15, 0.2) is 26.6 Å². The molecule has 0 aliphatic carbocycles. The molecule has 3 rings (SSSR count). The molecular formula is C17H26N4O5Si. The lowest BCUT2D eigenvalue weighted by Gasteiger charge is -2.36. The number of ether oxygens (including phenoxy) is 2. The Kier molecular flexibility index (Phi) is 5.13. The molecule has 148 valence electrons. The Bertz CT molecular complexity index is 749. The van der Waals surface area contributed by atoms with E-state index in [0.29, 0.717) is 25.4 Å². The van der Waals surface area contributed by atoms with Gasteiger partial charge in [0, 0.05) is 13.0 Å². The minimum atomic E-state index is -1.83. The summed E-state index contributed by atoms with van der Waals surface area (Å²) in [5, 5.41) is 2.72. The monoisotopic (exact) mass is 394 g/mol. The summed E-state index contributed by atoms with van der Waals surface area (Å²) in [5.74, 6) is 0.461. The lowest BCUT2D eigenvalue weighted by molar-refractivity contribution is -0.118. The van der Waals surface area contributed by atoms with Crippen LogP contribution in [-0.2, 0) is 14.0 Å². The van der Waals surface area contributed by atoms with Crippen LogP contribution in [0.3, 0.4) is 0 Å². The van der Waals surface area contributed by atoms with Gasteiger partial charge in [-0.15, -0.1) is 0 Å². The zero-order chi connectivity index (χ0) is 19.8. The Labute approximate surface area is 159 Å². The number of aromatic nitrogens is 2. The molecule has 2 aliphatic rings. The molecule has 1 aromatic heterocycles. The van der Waals surface area contributed by atoms with Crippen molar-refractivity contribution in [1.82, 2.24) is 9.97 Å². The van der Waals surface area contributed by atoms with Crippen LogP contribution in [-0.4, -0.2) is 56.1 Å². The number of cyclic esters (lactones) is 1. The average Bonchev–Trinajstić information content (AvgIpc) is 2.93. The van der Waals surface area contributed by atoms with Gasteiger partial charge in [-0.2, -0.15) is 0 Å². The normalized spacial score (nSPS) is 20.0. The third-order valence-electron chi connectivity index (χ3n) is 5.18. The van der Waals surface area contributed by atoms with E-state index in [9.17, 15) is 9.59 Å². The Hall–Kier alpha value is -2.20. The molecule has 1 N–H and O–H groups in total. The Morgan fingerprint density at radius 1 is 1.37 bits per heavy atom. The highest BCUT2D eigenvalue weighted by Crippen LogP contribution is 2.36. The van der Waals surface area contributed by atoms with Crippen molar-refractivity contribution in [1.29, 1.82) is 0 Å². The Morgan fingerprint density at radius 2 is 2.11 bits per heavy atom. The molecule has 2 amide bonds. The van der Waals surface area contributed by atoms with Crippen LogP contribution < -0.4 is 15.0 Å². The Balaban J connectivity index is 1.60. The van der Waals surface area contributed by atoms with Crippen molar-refractivity contribution in [2.45, 2.75) is 51.4 Å². The lowest BCUT2D eigenvalue weighted by atomic mass is 10.2. The summed E-state index contributed by atoms with van der Waals surface area (Å²) in [6.45, 7) is 11.8. The second-order valence-electron chi connectivity index (χ2n) is 8.23. The maximum absolute atomic E-state index is 12.2. The van der Waals surface area contributed by atoms with E-state index in [1.807, 2.05) is 0 Å². The fourth-order valence-corrected chi connectivity index (χ4v) is 3.57. The smallest absolute Gasteiger partial charge is 0.415 e. The van der Waals surface area contributed by atoms with Crippen molar-refractivity contribution in [2.75, 3.05) is 30.0 Å². The van der Waals surface area contributed by atoms with Crippen molar-refractivity contribution >= 4 is 32.0 Å². The van der Waals surface area contributed by atoms with E-state index < -0.39 is 14.4 Å². The van der Waals surface area contributed by atoms with E-state index in [0.717, 1.165) is 0 Å². The minimum absolute atomic E-state index is 0.0942. The van der Waals surface area contributed by atoms with Gasteiger partial charge in [-0.1, -0.05) is 20.8 Å². The zero-order valence-corrected chi connectivity index (χ0v) is 17.4. The molecule has 0 bridgehead atoms. The number of nitrogens with one attached hydrogen (secondary N) is 1. The molecule has 0 aromatic carbocycles. The topological polar surface area (TPSA) is 103 Å². The van der Waals surface area contributed by atoms with Crippen LogP contribution in [0.4, 0.5) is 16.4 Å². The number of anilines is 2. The van der Waals surface area contributed by atoms with Crippen LogP contribution >= 0.6 is 0 Å². The molecule has 0 saturated carbocycles. The first-order valence-electron chi connectivity index (χ1n) is 8.98. The number of nitrogens with zero attached hydrogens (tertiary/aromatic N) is 3. The van der Waals surface area contributed by atoms with Gasteiger partial charge in [-0.3, -0.25) is 9.69 Å². The SMILES string of the molecule is CC(C)(C)[Si](C)(C)OCCC1CN(c2cnc3c(n2)NC(=O)CO3)C(=O)O1. The summed E-state index contributed by atoms with van der Waals surface area (Å²) in [7, 11) is -1.83. The number of hydrogen-bond donors (Lipinski definition) is 1. The van der Waals surface area contributed by atoms with Crippen LogP contribution in [0.2, 0.25) is 18.1 Å². The molecule has 10 heteroatoms. The fourth-order valence-electron chi connectivity index (χ4n) is 2.51. The first-order chi connectivity index (χ1) is 12.6. The largest absolute Gasteiger partial charge is 0.465 e. The van der Waals surface area contributed by atoms with Gasteiger partial charge in [0.1, 0.15) is 6.10 Å². The lowest BCUT2D eigenvalue weighted by Crippen LogP contribution is -2.41. The molecular weight excluding hydrogens is 368 g/mol. The van der Waals surface area contributed by atoms with Gasteiger partial charge in [0.25, 0.3) is 11.8 Å². The van der Waals surface area contributed by atoms with Crippen LogP contribution in [0.15, 0.2) is 6.20 Å². The third kappa shape index (κ3) is 4.21. The first kappa shape index (κ1) is 19.6.